The van der Waals surface area contributed by atoms with E-state index in [-0.39, 0.29) is 23.2 Å². The second-order valence-corrected chi connectivity index (χ2v) is 7.92. The Kier molecular flexibility index (Phi) is 4.02. The lowest BCUT2D eigenvalue weighted by Gasteiger charge is -2.55. The molecule has 1 spiro atoms. The molecule has 0 aliphatic carbocycles. The predicted molar refractivity (Wildman–Crippen MR) is 105 cm³/mol. The second-order valence-electron chi connectivity index (χ2n) is 7.51. The van der Waals surface area contributed by atoms with Crippen molar-refractivity contribution >= 4 is 17.3 Å². The van der Waals surface area contributed by atoms with Gasteiger partial charge in [0.15, 0.2) is 5.11 Å². The van der Waals surface area contributed by atoms with Gasteiger partial charge in [0.1, 0.15) is 5.66 Å². The summed E-state index contributed by atoms with van der Waals surface area (Å²) in [6, 6.07) is 21.7. The summed E-state index contributed by atoms with van der Waals surface area (Å²) in [5.74, 6) is 0. The molecule has 3 atom stereocenters. The fraction of sp³-hybridized carbons (Fsp3) is 0.350. The summed E-state index contributed by atoms with van der Waals surface area (Å²) in [5.41, 5.74) is 8.73. The highest BCUT2D eigenvalue weighted by Crippen LogP contribution is 2.50. The molecular weight excluding hydrogens is 328 g/mol. The molecule has 4 rings (SSSR count). The Balaban J connectivity index is 1.78. The maximum Gasteiger partial charge on any atom is 0.182 e. The minimum atomic E-state index is -0.323. The van der Waals surface area contributed by atoms with Crippen LogP contribution in [0.1, 0.15) is 43.5 Å². The van der Waals surface area contributed by atoms with E-state index in [1.165, 1.54) is 11.1 Å². The number of hydrogen-bond donors (Lipinski definition) is 4. The summed E-state index contributed by atoms with van der Waals surface area (Å²) in [7, 11) is 0. The van der Waals surface area contributed by atoms with Crippen LogP contribution >= 0.6 is 12.2 Å². The van der Waals surface area contributed by atoms with Gasteiger partial charge in [0, 0.05) is 23.9 Å². The van der Waals surface area contributed by atoms with Gasteiger partial charge in [0.25, 0.3) is 0 Å². The molecule has 4 nitrogen and oxygen atoms in total. The van der Waals surface area contributed by atoms with Gasteiger partial charge >= 0.3 is 0 Å². The molecule has 2 saturated heterocycles. The van der Waals surface area contributed by atoms with Gasteiger partial charge in [0.05, 0.1) is 0 Å². The average molecular weight is 353 g/mol. The first-order chi connectivity index (χ1) is 12.0. The number of benzene rings is 2. The molecule has 2 aliphatic heterocycles. The molecule has 130 valence electrons. The summed E-state index contributed by atoms with van der Waals surface area (Å²) in [6.07, 6.45) is 0.889. The van der Waals surface area contributed by atoms with E-state index in [0.29, 0.717) is 5.11 Å². The largest absolute Gasteiger partial charge is 0.342 e. The zero-order valence-corrected chi connectivity index (χ0v) is 15.4. The number of thiocarbonyl (C=S) groups is 1. The van der Waals surface area contributed by atoms with Crippen LogP contribution in [0.4, 0.5) is 0 Å². The molecule has 25 heavy (non-hydrogen) atoms. The van der Waals surface area contributed by atoms with Crippen LogP contribution in [0.3, 0.4) is 0 Å². The van der Waals surface area contributed by atoms with Crippen molar-refractivity contribution in [3.05, 3.63) is 71.8 Å². The lowest BCUT2D eigenvalue weighted by atomic mass is 9.64. The topological polar surface area (TPSA) is 48.1 Å². The first-order valence-electron chi connectivity index (χ1n) is 8.73. The quantitative estimate of drug-likeness (QED) is 0.626. The van der Waals surface area contributed by atoms with Crippen molar-refractivity contribution in [1.29, 1.82) is 0 Å². The predicted octanol–water partition coefficient (Wildman–Crippen LogP) is 3.17. The Morgan fingerprint density at radius 3 is 2.08 bits per heavy atom. The Bertz CT molecular complexity index is 762. The third kappa shape index (κ3) is 2.72. The second kappa shape index (κ2) is 6.09. The normalized spacial score (nSPS) is 30.7. The highest BCUT2D eigenvalue weighted by molar-refractivity contribution is 7.80. The summed E-state index contributed by atoms with van der Waals surface area (Å²) >= 11 is 5.38. The van der Waals surface area contributed by atoms with E-state index in [1.807, 2.05) is 0 Å². The number of rotatable bonds is 2. The highest BCUT2D eigenvalue weighted by atomic mass is 32.1. The molecule has 0 amide bonds. The third-order valence-electron chi connectivity index (χ3n) is 5.75. The van der Waals surface area contributed by atoms with E-state index >= 15 is 0 Å². The standard InChI is InChI=1S/C20H24N4S/c1-19(2)17(15-11-7-4-8-12-15)21-16(14-9-5-3-6-10-14)13-20(19)22-18(25)23-24-20/h3-12,16-17,21,24H,13H2,1-2H3,(H2,22,23,25). The summed E-state index contributed by atoms with van der Waals surface area (Å²) in [5, 5.41) is 8.08. The number of piperidine rings is 1. The van der Waals surface area contributed by atoms with Crippen LogP contribution in [0.15, 0.2) is 60.7 Å². The number of hydrazine groups is 1. The minimum Gasteiger partial charge on any atom is -0.342 e. The fourth-order valence-corrected chi connectivity index (χ4v) is 4.41. The average Bonchev–Trinajstić information content (AvgIpc) is 3.01. The molecule has 2 aromatic rings. The van der Waals surface area contributed by atoms with Gasteiger partial charge in [-0.25, -0.2) is 5.43 Å². The van der Waals surface area contributed by atoms with E-state index in [1.54, 1.807) is 0 Å². The summed E-state index contributed by atoms with van der Waals surface area (Å²) < 4.78 is 0. The molecule has 0 radical (unpaired) electrons. The summed E-state index contributed by atoms with van der Waals surface area (Å²) in [4.78, 5) is 0. The molecule has 0 saturated carbocycles. The van der Waals surface area contributed by atoms with Crippen LogP contribution < -0.4 is 21.5 Å². The monoisotopic (exact) mass is 352 g/mol. The minimum absolute atomic E-state index is 0.118. The third-order valence-corrected chi connectivity index (χ3v) is 5.96. The van der Waals surface area contributed by atoms with Gasteiger partial charge in [-0.15, -0.1) is 0 Å². The van der Waals surface area contributed by atoms with Crippen molar-refractivity contribution in [3.63, 3.8) is 0 Å². The lowest BCUT2D eigenvalue weighted by Crippen LogP contribution is -2.68. The van der Waals surface area contributed by atoms with E-state index in [0.717, 1.165) is 6.42 Å². The molecule has 2 fully saturated rings. The van der Waals surface area contributed by atoms with Gasteiger partial charge in [-0.05, 0) is 23.3 Å². The van der Waals surface area contributed by atoms with Crippen LogP contribution in [0.5, 0.6) is 0 Å². The highest BCUT2D eigenvalue weighted by Gasteiger charge is 2.57. The van der Waals surface area contributed by atoms with Crippen LogP contribution in [0.2, 0.25) is 0 Å². The Morgan fingerprint density at radius 1 is 0.920 bits per heavy atom. The van der Waals surface area contributed by atoms with E-state index < -0.39 is 0 Å². The van der Waals surface area contributed by atoms with Crippen molar-refractivity contribution in [2.75, 3.05) is 0 Å². The smallest absolute Gasteiger partial charge is 0.182 e. The van der Waals surface area contributed by atoms with Gasteiger partial charge < -0.3 is 10.6 Å². The molecule has 3 unspecified atom stereocenters. The van der Waals surface area contributed by atoms with E-state index in [2.05, 4.69) is 96.0 Å². The maximum atomic E-state index is 5.38. The lowest BCUT2D eigenvalue weighted by molar-refractivity contribution is 0.00515. The van der Waals surface area contributed by atoms with E-state index in [4.69, 9.17) is 12.2 Å². The van der Waals surface area contributed by atoms with Crippen molar-refractivity contribution in [3.8, 4) is 0 Å². The fourth-order valence-electron chi connectivity index (χ4n) is 4.19. The molecule has 0 aromatic heterocycles. The first-order valence-corrected chi connectivity index (χ1v) is 9.14. The Hall–Kier alpha value is -1.95. The summed E-state index contributed by atoms with van der Waals surface area (Å²) in [6.45, 7) is 4.57. The number of hydrogen-bond acceptors (Lipinski definition) is 3. The van der Waals surface area contributed by atoms with Gasteiger partial charge in [0.2, 0.25) is 0 Å². The van der Waals surface area contributed by atoms with Gasteiger partial charge in [-0.3, -0.25) is 5.43 Å². The molecule has 0 bridgehead atoms. The molecule has 2 aromatic carbocycles. The van der Waals surface area contributed by atoms with Crippen molar-refractivity contribution in [2.24, 2.45) is 5.41 Å². The van der Waals surface area contributed by atoms with Crippen LogP contribution in [0.25, 0.3) is 0 Å². The molecule has 2 heterocycles. The van der Waals surface area contributed by atoms with Crippen LogP contribution in [0, 0.1) is 5.41 Å². The zero-order valence-electron chi connectivity index (χ0n) is 14.5. The van der Waals surface area contributed by atoms with E-state index in [9.17, 15) is 0 Å². The molecular formula is C20H24N4S. The molecule has 2 aliphatic rings. The molecule has 5 heteroatoms. The SMILES string of the molecule is CC1(C)C(c2ccccc2)NC(c2ccccc2)CC12NNC(=S)N2. The first kappa shape index (κ1) is 16.5. The van der Waals surface area contributed by atoms with Crippen LogP contribution in [-0.4, -0.2) is 10.8 Å². The van der Waals surface area contributed by atoms with Crippen LogP contribution in [-0.2, 0) is 0 Å². The van der Waals surface area contributed by atoms with Gasteiger partial charge in [-0.2, -0.15) is 0 Å². The zero-order chi connectivity index (χ0) is 17.5. The Morgan fingerprint density at radius 2 is 1.52 bits per heavy atom. The molecule has 4 N–H and O–H groups in total. The van der Waals surface area contributed by atoms with Crippen molar-refractivity contribution in [1.82, 2.24) is 21.5 Å². The maximum absolute atomic E-state index is 5.38. The van der Waals surface area contributed by atoms with Crippen molar-refractivity contribution < 1.29 is 0 Å². The number of nitrogens with one attached hydrogen (secondary N) is 4. The Labute approximate surface area is 154 Å². The van der Waals surface area contributed by atoms with Gasteiger partial charge in [-0.1, -0.05) is 74.5 Å². The van der Waals surface area contributed by atoms with Crippen molar-refractivity contribution in [2.45, 2.75) is 38.0 Å².